The van der Waals surface area contributed by atoms with Gasteiger partial charge in [0, 0.05) is 12.3 Å². The summed E-state index contributed by atoms with van der Waals surface area (Å²) < 4.78 is 13.1. The molecule has 1 amide bonds. The first-order chi connectivity index (χ1) is 11.4. The number of hydrogen-bond donors (Lipinski definition) is 3. The number of aliphatic hydroxyl groups excluding tert-OH is 1. The first kappa shape index (κ1) is 18.4. The Morgan fingerprint density at radius 1 is 1.21 bits per heavy atom. The summed E-state index contributed by atoms with van der Waals surface area (Å²) >= 11 is 10.8. The van der Waals surface area contributed by atoms with Crippen LogP contribution in [0.1, 0.15) is 11.7 Å². The van der Waals surface area contributed by atoms with Gasteiger partial charge in [0.2, 0.25) is 5.56 Å². The monoisotopic (exact) mass is 372 g/mol. The van der Waals surface area contributed by atoms with Crippen LogP contribution in [0.4, 0.5) is 4.39 Å². The fraction of sp³-hybridized carbons (Fsp3) is 0.250. The number of halogens is 3. The smallest absolute Gasteiger partial charge is 0.253 e. The van der Waals surface area contributed by atoms with Crippen LogP contribution in [-0.2, 0) is 4.79 Å². The summed E-state index contributed by atoms with van der Waals surface area (Å²) in [5.74, 6) is -0.778. The quantitative estimate of drug-likeness (QED) is 0.680. The first-order valence-corrected chi connectivity index (χ1v) is 7.91. The second-order valence-electron chi connectivity index (χ2n) is 5.08. The number of aromatic nitrogens is 1. The van der Waals surface area contributed by atoms with Gasteiger partial charge in [-0.25, -0.2) is 4.39 Å². The van der Waals surface area contributed by atoms with Gasteiger partial charge in [-0.2, -0.15) is 0 Å². The van der Waals surface area contributed by atoms with Crippen molar-refractivity contribution in [3.05, 3.63) is 58.5 Å². The number of H-pyrrole nitrogens is 1. The summed E-state index contributed by atoms with van der Waals surface area (Å²) in [6, 6.07) is 8.58. The molecule has 3 N–H and O–H groups in total. The average Bonchev–Trinajstić information content (AvgIpc) is 2.59. The van der Waals surface area contributed by atoms with Crippen LogP contribution >= 0.6 is 23.2 Å². The van der Waals surface area contributed by atoms with Crippen LogP contribution in [0.5, 0.6) is 0 Å². The van der Waals surface area contributed by atoms with E-state index in [1.54, 1.807) is 30.3 Å². The molecule has 0 radical (unpaired) electrons. The van der Waals surface area contributed by atoms with Gasteiger partial charge in [-0.05, 0) is 22.8 Å². The lowest BCUT2D eigenvalue weighted by atomic mass is 9.99. The lowest BCUT2D eigenvalue weighted by molar-refractivity contribution is -0.121. The molecule has 0 fully saturated rings. The van der Waals surface area contributed by atoms with Crippen molar-refractivity contribution in [2.45, 2.75) is 17.0 Å². The van der Waals surface area contributed by atoms with Crippen LogP contribution in [0.3, 0.4) is 0 Å². The van der Waals surface area contributed by atoms with Gasteiger partial charge >= 0.3 is 0 Å². The summed E-state index contributed by atoms with van der Waals surface area (Å²) in [6.07, 6.45) is 0.267. The number of aliphatic hydroxyl groups is 1. The second kappa shape index (κ2) is 8.28. The lowest BCUT2D eigenvalue weighted by Gasteiger charge is -2.22. The number of carbonyl (C=O) groups excluding carboxylic acids is 1. The summed E-state index contributed by atoms with van der Waals surface area (Å²) in [5, 5.41) is 12.5. The van der Waals surface area contributed by atoms with E-state index >= 15 is 0 Å². The number of hydrogen-bond acceptors (Lipinski definition) is 3. The zero-order valence-corrected chi connectivity index (χ0v) is 13.9. The number of aromatic amines is 1. The molecule has 2 aromatic rings. The van der Waals surface area contributed by atoms with Crippen molar-refractivity contribution in [1.29, 1.82) is 0 Å². The Hall–Kier alpha value is -1.89. The molecule has 2 rings (SSSR count). The Morgan fingerprint density at radius 2 is 1.88 bits per heavy atom. The number of rotatable bonds is 6. The van der Waals surface area contributed by atoms with Crippen molar-refractivity contribution >= 4 is 29.1 Å². The molecular formula is C16H15Cl2FN2O3. The number of nitrogens with one attached hydrogen (secondary N) is 2. The van der Waals surface area contributed by atoms with E-state index in [0.717, 1.165) is 5.56 Å². The van der Waals surface area contributed by atoms with Crippen LogP contribution in [0, 0.1) is 0 Å². The number of carbonyl (C=O) groups is 1. The summed E-state index contributed by atoms with van der Waals surface area (Å²) in [5.41, 5.74) is 1.66. The van der Waals surface area contributed by atoms with Crippen molar-refractivity contribution in [3.8, 4) is 11.1 Å². The molecule has 1 aromatic heterocycles. The van der Waals surface area contributed by atoms with Crippen molar-refractivity contribution in [2.75, 3.05) is 6.67 Å². The minimum atomic E-state index is -1.34. The molecule has 0 aliphatic heterocycles. The van der Waals surface area contributed by atoms with Gasteiger partial charge in [0.15, 0.2) is 4.84 Å². The second-order valence-corrected chi connectivity index (χ2v) is 6.17. The molecule has 0 saturated heterocycles. The number of benzene rings is 1. The normalized spacial score (nSPS) is 13.5. The standard InChI is InChI=1S/C16H15Cl2FN2O3/c17-15(18)16(24)21-12(8-19)14(23)10-3-1-9(2-4-10)11-5-6-20-13(22)7-11/h1-7,12,14-15,23H,8H2,(H,20,22)(H,21,24)/t12-,14-/m1/s1. The van der Waals surface area contributed by atoms with E-state index in [1.165, 1.54) is 12.3 Å². The first-order valence-electron chi connectivity index (χ1n) is 7.04. The van der Waals surface area contributed by atoms with E-state index < -0.39 is 29.6 Å². The van der Waals surface area contributed by atoms with Crippen molar-refractivity contribution < 1.29 is 14.3 Å². The minimum absolute atomic E-state index is 0.228. The Kier molecular flexibility index (Phi) is 6.36. The number of amides is 1. The third kappa shape index (κ3) is 4.56. The molecule has 24 heavy (non-hydrogen) atoms. The maximum absolute atomic E-state index is 13.1. The molecule has 0 aliphatic carbocycles. The maximum Gasteiger partial charge on any atom is 0.253 e. The van der Waals surface area contributed by atoms with Gasteiger partial charge in [0.05, 0.1) is 6.04 Å². The molecule has 0 unspecified atom stereocenters. The average molecular weight is 373 g/mol. The molecule has 1 aromatic carbocycles. The van der Waals surface area contributed by atoms with Crippen LogP contribution in [0.25, 0.3) is 11.1 Å². The predicted octanol–water partition coefficient (Wildman–Crippen LogP) is 2.33. The molecule has 128 valence electrons. The zero-order chi connectivity index (χ0) is 17.7. The zero-order valence-electron chi connectivity index (χ0n) is 12.4. The predicted molar refractivity (Wildman–Crippen MR) is 90.9 cm³/mol. The third-order valence-electron chi connectivity index (χ3n) is 3.43. The van der Waals surface area contributed by atoms with Crippen LogP contribution in [-0.4, -0.2) is 33.6 Å². The van der Waals surface area contributed by atoms with Crippen molar-refractivity contribution in [3.63, 3.8) is 0 Å². The fourth-order valence-electron chi connectivity index (χ4n) is 2.18. The van der Waals surface area contributed by atoms with Gasteiger partial charge in [0.25, 0.3) is 5.91 Å². The molecule has 0 bridgehead atoms. The lowest BCUT2D eigenvalue weighted by Crippen LogP contribution is -2.43. The molecule has 2 atom stereocenters. The van der Waals surface area contributed by atoms with Gasteiger partial charge in [-0.15, -0.1) is 0 Å². The Labute approximate surface area is 147 Å². The van der Waals surface area contributed by atoms with E-state index in [2.05, 4.69) is 10.3 Å². The highest BCUT2D eigenvalue weighted by Gasteiger charge is 2.25. The van der Waals surface area contributed by atoms with Gasteiger partial charge in [-0.1, -0.05) is 47.5 Å². The van der Waals surface area contributed by atoms with Crippen molar-refractivity contribution in [1.82, 2.24) is 10.3 Å². The van der Waals surface area contributed by atoms with Crippen LogP contribution in [0.2, 0.25) is 0 Å². The molecule has 0 spiro atoms. The van der Waals surface area contributed by atoms with E-state index in [9.17, 15) is 19.1 Å². The molecule has 0 aliphatic rings. The summed E-state index contributed by atoms with van der Waals surface area (Å²) in [6.45, 7) is -0.983. The SMILES string of the molecule is O=C(N[C@H](CF)[C@H](O)c1ccc(-c2cc[nH]c(=O)c2)cc1)C(Cl)Cl. The van der Waals surface area contributed by atoms with E-state index in [0.29, 0.717) is 11.1 Å². The topological polar surface area (TPSA) is 82.2 Å². The Bertz CT molecular complexity index is 749. The third-order valence-corrected chi connectivity index (χ3v) is 3.83. The summed E-state index contributed by atoms with van der Waals surface area (Å²) in [4.78, 5) is 23.9. The maximum atomic E-state index is 13.1. The van der Waals surface area contributed by atoms with Gasteiger partial charge < -0.3 is 15.4 Å². The molecule has 1 heterocycles. The highest BCUT2D eigenvalue weighted by Crippen LogP contribution is 2.23. The Balaban J connectivity index is 2.16. The van der Waals surface area contributed by atoms with Crippen LogP contribution < -0.4 is 10.9 Å². The van der Waals surface area contributed by atoms with Gasteiger partial charge in [-0.3, -0.25) is 9.59 Å². The minimum Gasteiger partial charge on any atom is -0.386 e. The van der Waals surface area contributed by atoms with Crippen LogP contribution in [0.15, 0.2) is 47.4 Å². The number of pyridine rings is 1. The Morgan fingerprint density at radius 3 is 2.42 bits per heavy atom. The highest BCUT2D eigenvalue weighted by atomic mass is 35.5. The summed E-state index contributed by atoms with van der Waals surface area (Å²) in [7, 11) is 0. The van der Waals surface area contributed by atoms with Crippen molar-refractivity contribution in [2.24, 2.45) is 0 Å². The van der Waals surface area contributed by atoms with E-state index in [-0.39, 0.29) is 5.56 Å². The molecule has 0 saturated carbocycles. The molecule has 5 nitrogen and oxygen atoms in total. The highest BCUT2D eigenvalue weighted by molar-refractivity contribution is 6.53. The fourth-order valence-corrected chi connectivity index (χ4v) is 2.30. The molecular weight excluding hydrogens is 358 g/mol. The largest absolute Gasteiger partial charge is 0.386 e. The van der Waals surface area contributed by atoms with E-state index in [4.69, 9.17) is 23.2 Å². The molecule has 8 heteroatoms. The van der Waals surface area contributed by atoms with Gasteiger partial charge in [0.1, 0.15) is 12.8 Å². The number of alkyl halides is 3. The van der Waals surface area contributed by atoms with E-state index in [1.807, 2.05) is 0 Å².